The van der Waals surface area contributed by atoms with E-state index in [4.69, 9.17) is 15.0 Å². The van der Waals surface area contributed by atoms with Gasteiger partial charge in [0.1, 0.15) is 0 Å². The van der Waals surface area contributed by atoms with Crippen molar-refractivity contribution in [2.24, 2.45) is 0 Å². The van der Waals surface area contributed by atoms with Gasteiger partial charge < -0.3 is 0 Å². The number of aromatic nitrogens is 3. The van der Waals surface area contributed by atoms with Crippen LogP contribution in [0.4, 0.5) is 0 Å². The topological polar surface area (TPSA) is 38.7 Å². The van der Waals surface area contributed by atoms with Gasteiger partial charge >= 0.3 is 0 Å². The monoisotopic (exact) mass is 853 g/mol. The molecular weight excluding hydrogens is 811 g/mol. The second kappa shape index (κ2) is 17.0. The maximum absolute atomic E-state index is 5.13. The van der Waals surface area contributed by atoms with E-state index < -0.39 is 5.41 Å². The molecule has 314 valence electrons. The van der Waals surface area contributed by atoms with Gasteiger partial charge in [0.25, 0.3) is 0 Å². The van der Waals surface area contributed by atoms with E-state index in [9.17, 15) is 0 Å². The van der Waals surface area contributed by atoms with Crippen LogP contribution in [0.15, 0.2) is 261 Å². The fourth-order valence-electron chi connectivity index (χ4n) is 10.2. The lowest BCUT2D eigenvalue weighted by molar-refractivity contribution is 0.768. The predicted octanol–water partition coefficient (Wildman–Crippen LogP) is 15.9. The molecule has 0 aliphatic heterocycles. The third-order valence-electron chi connectivity index (χ3n) is 13.2. The summed E-state index contributed by atoms with van der Waals surface area (Å²) in [6.45, 7) is 0. The minimum absolute atomic E-state index is 0.484. The van der Waals surface area contributed by atoms with Crippen LogP contribution in [-0.4, -0.2) is 15.0 Å². The van der Waals surface area contributed by atoms with Crippen LogP contribution in [-0.2, 0) is 5.41 Å². The molecule has 1 heterocycles. The summed E-state index contributed by atoms with van der Waals surface area (Å²) in [5.74, 6) is 1.89. The summed E-state index contributed by atoms with van der Waals surface area (Å²) < 4.78 is 0. The molecule has 3 heteroatoms. The van der Waals surface area contributed by atoms with Crippen LogP contribution in [0.25, 0.3) is 89.8 Å². The number of hydrogen-bond acceptors (Lipinski definition) is 3. The highest BCUT2D eigenvalue weighted by Gasteiger charge is 2.46. The lowest BCUT2D eigenvalue weighted by Crippen LogP contribution is -2.28. The molecule has 0 spiro atoms. The standard InChI is InChI=1S/C64H43N3/c1-7-22-44(23-8-1)51-42-55(48-30-21-31-50(40-48)63-66-61(46-26-11-3-12-27-46)65-62(67-63)47-28-13-4-14-29-47)60(45-24-9-2-10-25-45)56(43-51)49-38-39-59-57(41-49)54-36-19-20-37-58(54)64(59,52-32-15-5-16-33-52)53-34-17-6-18-35-53/h1-43H. The molecule has 11 aromatic rings. The Balaban J connectivity index is 1.10. The largest absolute Gasteiger partial charge is 0.208 e. The Morgan fingerprint density at radius 3 is 1.16 bits per heavy atom. The van der Waals surface area contributed by atoms with Crippen molar-refractivity contribution in [2.45, 2.75) is 5.41 Å². The molecule has 1 aromatic heterocycles. The third-order valence-corrected chi connectivity index (χ3v) is 13.2. The molecule has 10 aromatic carbocycles. The van der Waals surface area contributed by atoms with Crippen molar-refractivity contribution >= 4 is 0 Å². The van der Waals surface area contributed by atoms with Crippen molar-refractivity contribution in [1.82, 2.24) is 15.0 Å². The van der Waals surface area contributed by atoms with Crippen LogP contribution in [0, 0.1) is 0 Å². The van der Waals surface area contributed by atoms with Crippen LogP contribution in [0.2, 0.25) is 0 Å². The Hall–Kier alpha value is -8.79. The Morgan fingerprint density at radius 2 is 0.612 bits per heavy atom. The Bertz CT molecular complexity index is 3440. The first-order chi connectivity index (χ1) is 33.2. The van der Waals surface area contributed by atoms with E-state index in [0.717, 1.165) is 61.2 Å². The maximum Gasteiger partial charge on any atom is 0.164 e. The van der Waals surface area contributed by atoms with Crippen molar-refractivity contribution in [3.63, 3.8) is 0 Å². The molecule has 1 aliphatic rings. The summed E-state index contributed by atoms with van der Waals surface area (Å²) in [5, 5.41) is 0. The molecule has 0 amide bonds. The molecule has 1 aliphatic carbocycles. The molecule has 0 fully saturated rings. The zero-order valence-corrected chi connectivity index (χ0v) is 36.7. The Labute approximate surface area is 391 Å². The summed E-state index contributed by atoms with van der Waals surface area (Å²) >= 11 is 0. The summed E-state index contributed by atoms with van der Waals surface area (Å²) in [6, 6.07) is 93.5. The Morgan fingerprint density at radius 1 is 0.224 bits per heavy atom. The van der Waals surface area contributed by atoms with Crippen LogP contribution in [0.1, 0.15) is 22.3 Å². The molecule has 3 nitrogen and oxygen atoms in total. The smallest absolute Gasteiger partial charge is 0.164 e. The zero-order chi connectivity index (χ0) is 44.6. The van der Waals surface area contributed by atoms with Crippen molar-refractivity contribution in [2.75, 3.05) is 0 Å². The van der Waals surface area contributed by atoms with Crippen molar-refractivity contribution in [1.29, 1.82) is 0 Å². The second-order valence-electron chi connectivity index (χ2n) is 17.1. The van der Waals surface area contributed by atoms with Gasteiger partial charge in [-0.15, -0.1) is 0 Å². The number of fused-ring (bicyclic) bond motifs is 3. The van der Waals surface area contributed by atoms with Crippen molar-refractivity contribution in [3.05, 3.63) is 283 Å². The number of nitrogens with zero attached hydrogens (tertiary/aromatic N) is 3. The molecule has 0 atom stereocenters. The zero-order valence-electron chi connectivity index (χ0n) is 36.7. The molecule has 12 rings (SSSR count). The average Bonchev–Trinajstić information content (AvgIpc) is 3.72. The summed E-state index contributed by atoms with van der Waals surface area (Å²) in [6.07, 6.45) is 0. The molecule has 0 saturated carbocycles. The van der Waals surface area contributed by atoms with Gasteiger partial charge in [-0.25, -0.2) is 15.0 Å². The molecule has 0 unspecified atom stereocenters. The maximum atomic E-state index is 5.13. The average molecular weight is 854 g/mol. The van der Waals surface area contributed by atoms with Gasteiger partial charge in [-0.3, -0.25) is 0 Å². The number of benzene rings is 10. The van der Waals surface area contributed by atoms with E-state index in [1.54, 1.807) is 0 Å². The predicted molar refractivity (Wildman–Crippen MR) is 275 cm³/mol. The van der Waals surface area contributed by atoms with Gasteiger partial charge in [-0.05, 0) is 102 Å². The molecular formula is C64H43N3. The summed E-state index contributed by atoms with van der Waals surface area (Å²) in [4.78, 5) is 15.2. The van der Waals surface area contributed by atoms with Crippen LogP contribution in [0.5, 0.6) is 0 Å². The van der Waals surface area contributed by atoms with Crippen LogP contribution >= 0.6 is 0 Å². The lowest BCUT2D eigenvalue weighted by atomic mass is 9.67. The van der Waals surface area contributed by atoms with Gasteiger partial charge in [0.05, 0.1) is 5.41 Å². The minimum Gasteiger partial charge on any atom is -0.208 e. The van der Waals surface area contributed by atoms with Crippen molar-refractivity contribution < 1.29 is 0 Å². The molecule has 0 bridgehead atoms. The van der Waals surface area contributed by atoms with Gasteiger partial charge in [0, 0.05) is 16.7 Å². The fourth-order valence-corrected chi connectivity index (χ4v) is 10.2. The van der Waals surface area contributed by atoms with E-state index in [-0.39, 0.29) is 0 Å². The van der Waals surface area contributed by atoms with Gasteiger partial charge in [-0.2, -0.15) is 0 Å². The number of hydrogen-bond donors (Lipinski definition) is 0. The fraction of sp³-hybridized carbons (Fsp3) is 0.0156. The quantitative estimate of drug-likeness (QED) is 0.145. The molecule has 0 radical (unpaired) electrons. The molecule has 0 N–H and O–H groups in total. The first-order valence-electron chi connectivity index (χ1n) is 22.8. The summed E-state index contributed by atoms with van der Waals surface area (Å²) in [5.41, 5.74) is 19.0. The van der Waals surface area contributed by atoms with Gasteiger partial charge in [0.2, 0.25) is 0 Å². The van der Waals surface area contributed by atoms with E-state index in [0.29, 0.717) is 17.5 Å². The highest BCUT2D eigenvalue weighted by atomic mass is 15.0. The first kappa shape index (κ1) is 39.8. The Kier molecular flexibility index (Phi) is 10.1. The minimum atomic E-state index is -0.484. The van der Waals surface area contributed by atoms with Gasteiger partial charge in [-0.1, -0.05) is 237 Å². The van der Waals surface area contributed by atoms with E-state index in [2.05, 4.69) is 200 Å². The van der Waals surface area contributed by atoms with Crippen LogP contribution < -0.4 is 0 Å². The van der Waals surface area contributed by atoms with Crippen LogP contribution in [0.3, 0.4) is 0 Å². The third kappa shape index (κ3) is 7.06. The normalized spacial score (nSPS) is 12.3. The van der Waals surface area contributed by atoms with E-state index in [1.807, 2.05) is 60.7 Å². The van der Waals surface area contributed by atoms with Gasteiger partial charge in [0.15, 0.2) is 17.5 Å². The van der Waals surface area contributed by atoms with E-state index in [1.165, 1.54) is 33.4 Å². The highest BCUT2D eigenvalue weighted by molar-refractivity contribution is 6.00. The molecule has 0 saturated heterocycles. The number of rotatable bonds is 9. The lowest BCUT2D eigenvalue weighted by Gasteiger charge is -2.34. The van der Waals surface area contributed by atoms with Crippen molar-refractivity contribution in [3.8, 4) is 89.8 Å². The summed E-state index contributed by atoms with van der Waals surface area (Å²) in [7, 11) is 0. The second-order valence-corrected chi connectivity index (χ2v) is 17.1. The SMILES string of the molecule is c1ccc(-c2cc(-c3cccc(-c4nc(-c5ccccc5)nc(-c5ccccc5)n4)c3)c(-c3ccccc3)c(-c3ccc4c(c3)-c3ccccc3C4(c3ccccc3)c3ccccc3)c2)cc1. The van der Waals surface area contributed by atoms with E-state index >= 15 is 0 Å². The molecule has 67 heavy (non-hydrogen) atoms. The highest BCUT2D eigenvalue weighted by Crippen LogP contribution is 2.57. The first-order valence-corrected chi connectivity index (χ1v) is 22.8.